The predicted molar refractivity (Wildman–Crippen MR) is 303 cm³/mol. The van der Waals surface area contributed by atoms with Crippen LogP contribution in [0, 0.1) is 18.8 Å². The molecule has 0 aliphatic rings. The Labute approximate surface area is 475 Å². The Kier molecular flexibility index (Phi) is 19.0. The van der Waals surface area contributed by atoms with Crippen LogP contribution in [0.5, 0.6) is 23.0 Å². The zero-order valence-electron chi connectivity index (χ0n) is 45.7. The highest BCUT2D eigenvalue weighted by atomic mass is 32.2. The lowest BCUT2D eigenvalue weighted by molar-refractivity contribution is -0.147. The van der Waals surface area contributed by atoms with Crippen molar-refractivity contribution in [2.75, 3.05) is 40.3 Å². The molecular weight excluding hydrogens is 1100 g/mol. The zero-order chi connectivity index (χ0) is 57.9. The lowest BCUT2D eigenvalue weighted by Crippen LogP contribution is -2.37. The van der Waals surface area contributed by atoms with E-state index >= 15 is 0 Å². The van der Waals surface area contributed by atoms with Crippen LogP contribution in [0.4, 0.5) is 0 Å². The number of sulfone groups is 1. The monoisotopic (exact) mass is 1160 g/mol. The molecule has 0 radical (unpaired) electrons. The SMILES string of the molecule is COC(=O)[C@@H](CC(=O)[C@H](C(C)C)n1cc(COc2ccc3nc(S(=O)(=O)CC(c4ccccc4)(c4ccc(OC)cc4)c4ccc(OC)cc4)sc3c2)nn1)Cc1ccc(OC(COC(C)=O)COS(=O)(=O)c2ccc(C)cc2)cc1. The van der Waals surface area contributed by atoms with E-state index in [4.69, 9.17) is 32.6 Å². The van der Waals surface area contributed by atoms with Crippen molar-refractivity contribution in [2.24, 2.45) is 11.8 Å². The minimum absolute atomic E-state index is 0.0350. The summed E-state index contributed by atoms with van der Waals surface area (Å²) in [6.07, 6.45) is 0.575. The van der Waals surface area contributed by atoms with E-state index in [-0.39, 0.29) is 52.7 Å². The first-order chi connectivity index (χ1) is 38.8. The Bertz CT molecular complexity index is 3620. The number of carbonyl (C=O) groups is 3. The van der Waals surface area contributed by atoms with Crippen LogP contribution in [0.1, 0.15) is 66.7 Å². The van der Waals surface area contributed by atoms with Crippen molar-refractivity contribution >= 4 is 59.2 Å². The first-order valence-corrected chi connectivity index (χ1v) is 29.7. The van der Waals surface area contributed by atoms with Crippen molar-refractivity contribution in [3.05, 3.63) is 185 Å². The van der Waals surface area contributed by atoms with Crippen LogP contribution in [0.15, 0.2) is 161 Å². The molecule has 0 saturated heterocycles. The molecule has 2 aromatic heterocycles. The lowest BCUT2D eigenvalue weighted by Gasteiger charge is -2.35. The standard InChI is InChI=1S/C60H62N4O14S3/c1-39(2)57(55(66)32-43(58(67)74-7)31-42-15-21-50(22-16-42)78-52(36-75-41(4)65)37-77-81(70,71)53-28-13-40(3)14-29-53)64-34-47(62-63-64)35-76-51-27-30-54-56(33-51)79-59(61-54)80(68,69)38-60(44-11-9-8-10-12-44,45-17-23-48(72-5)24-18-45)46-19-25-49(73-6)26-20-46/h8-30,33-34,39,43,52,57H,31-32,35-38H2,1-7H3/t43-,52?,57+/m1/s1. The van der Waals surface area contributed by atoms with Crippen LogP contribution in [0.2, 0.25) is 0 Å². The molecule has 21 heteroatoms. The number of methoxy groups -OCH3 is 3. The highest BCUT2D eigenvalue weighted by molar-refractivity contribution is 7.93. The Morgan fingerprint density at radius 3 is 1.91 bits per heavy atom. The molecule has 2 heterocycles. The van der Waals surface area contributed by atoms with Gasteiger partial charge >= 0.3 is 11.9 Å². The number of thiazole rings is 1. The van der Waals surface area contributed by atoms with Gasteiger partial charge in [0.15, 0.2) is 11.9 Å². The quantitative estimate of drug-likeness (QED) is 0.0265. The maximum atomic E-state index is 14.8. The molecule has 0 aliphatic carbocycles. The summed E-state index contributed by atoms with van der Waals surface area (Å²) in [6, 6.07) is 41.4. The van der Waals surface area contributed by atoms with Gasteiger partial charge in [0, 0.05) is 13.3 Å². The van der Waals surface area contributed by atoms with Crippen molar-refractivity contribution < 1.29 is 63.8 Å². The largest absolute Gasteiger partial charge is 0.497 e. The van der Waals surface area contributed by atoms with Gasteiger partial charge in [0.2, 0.25) is 14.2 Å². The van der Waals surface area contributed by atoms with Gasteiger partial charge in [-0.1, -0.05) is 103 Å². The molecular formula is C60H62N4O14S3. The van der Waals surface area contributed by atoms with E-state index in [1.54, 1.807) is 75.0 Å². The van der Waals surface area contributed by atoms with Crippen LogP contribution in [0.3, 0.4) is 0 Å². The summed E-state index contributed by atoms with van der Waals surface area (Å²) in [5.41, 5.74) is 3.52. The highest BCUT2D eigenvalue weighted by Gasteiger charge is 2.42. The third kappa shape index (κ3) is 14.5. The fourth-order valence-corrected chi connectivity index (χ4v) is 13.4. The number of ether oxygens (including phenoxy) is 6. The third-order valence-electron chi connectivity index (χ3n) is 13.5. The second-order valence-electron chi connectivity index (χ2n) is 19.6. The molecule has 18 nitrogen and oxygen atoms in total. The number of nitrogens with zero attached hydrogens (tertiary/aromatic N) is 4. The van der Waals surface area contributed by atoms with Crippen LogP contribution >= 0.6 is 11.3 Å². The number of aryl methyl sites for hydroxylation is 1. The molecule has 0 saturated carbocycles. The van der Waals surface area contributed by atoms with E-state index in [9.17, 15) is 31.2 Å². The van der Waals surface area contributed by atoms with Gasteiger partial charge in [-0.2, -0.15) is 8.42 Å². The molecule has 3 atom stereocenters. The Morgan fingerprint density at radius 2 is 1.32 bits per heavy atom. The molecule has 0 bridgehead atoms. The number of rotatable bonds is 27. The van der Waals surface area contributed by atoms with Gasteiger partial charge in [0.25, 0.3) is 10.1 Å². The zero-order valence-corrected chi connectivity index (χ0v) is 48.2. The summed E-state index contributed by atoms with van der Waals surface area (Å²) in [6.45, 7) is 6.00. The molecule has 8 aromatic rings. The first kappa shape index (κ1) is 59.1. The molecule has 81 heavy (non-hydrogen) atoms. The molecule has 0 spiro atoms. The lowest BCUT2D eigenvalue weighted by atomic mass is 9.71. The maximum absolute atomic E-state index is 14.8. The Hall–Kier alpha value is -7.98. The van der Waals surface area contributed by atoms with E-state index < -0.39 is 62.0 Å². The summed E-state index contributed by atoms with van der Waals surface area (Å²) in [4.78, 5) is 43.6. The summed E-state index contributed by atoms with van der Waals surface area (Å²) >= 11 is 1.05. The number of esters is 2. The van der Waals surface area contributed by atoms with Gasteiger partial charge in [-0.05, 0) is 108 Å². The molecule has 8 rings (SSSR count). The summed E-state index contributed by atoms with van der Waals surface area (Å²) in [5.74, 6) is -0.934. The highest BCUT2D eigenvalue weighted by Crippen LogP contribution is 2.44. The maximum Gasteiger partial charge on any atom is 0.309 e. The van der Waals surface area contributed by atoms with Gasteiger partial charge in [0.05, 0.1) is 59.7 Å². The average Bonchev–Trinajstić information content (AvgIpc) is 4.24. The molecule has 0 amide bonds. The number of hydrogen-bond donors (Lipinski definition) is 0. The second kappa shape index (κ2) is 26.1. The normalized spacial score (nSPS) is 13.0. The molecule has 424 valence electrons. The summed E-state index contributed by atoms with van der Waals surface area (Å²) in [7, 11) is -3.83. The molecule has 6 aromatic carbocycles. The van der Waals surface area contributed by atoms with Crippen LogP contribution in [-0.4, -0.2) is 101 Å². The fraction of sp³-hybridized carbons (Fsp3) is 0.300. The smallest absolute Gasteiger partial charge is 0.309 e. The number of aromatic nitrogens is 4. The molecule has 0 N–H and O–H groups in total. The number of benzene rings is 6. The molecule has 1 unspecified atom stereocenters. The van der Waals surface area contributed by atoms with Crippen LogP contribution in [0.25, 0.3) is 10.2 Å². The predicted octanol–water partition coefficient (Wildman–Crippen LogP) is 9.50. The van der Waals surface area contributed by atoms with Crippen LogP contribution in [-0.2, 0) is 66.4 Å². The van der Waals surface area contributed by atoms with E-state index in [1.165, 1.54) is 30.8 Å². The first-order valence-electron chi connectivity index (χ1n) is 25.8. The van der Waals surface area contributed by atoms with Gasteiger partial charge in [0.1, 0.15) is 54.6 Å². The minimum atomic E-state index is -4.14. The summed E-state index contributed by atoms with van der Waals surface area (Å²) in [5, 5.41) is 8.60. The van der Waals surface area contributed by atoms with Gasteiger partial charge in [-0.15, -0.1) is 16.4 Å². The van der Waals surface area contributed by atoms with E-state index in [0.29, 0.717) is 44.5 Å². The molecule has 0 fully saturated rings. The van der Waals surface area contributed by atoms with Crippen molar-refractivity contribution in [2.45, 2.75) is 73.9 Å². The van der Waals surface area contributed by atoms with Crippen molar-refractivity contribution in [3.8, 4) is 23.0 Å². The molecule has 0 aliphatic heterocycles. The number of fused-ring (bicyclic) bond motifs is 1. The van der Waals surface area contributed by atoms with E-state index in [0.717, 1.165) is 33.6 Å². The van der Waals surface area contributed by atoms with E-state index in [2.05, 4.69) is 15.3 Å². The fourth-order valence-electron chi connectivity index (χ4n) is 9.39. The van der Waals surface area contributed by atoms with Crippen molar-refractivity contribution in [1.29, 1.82) is 0 Å². The second-order valence-corrected chi connectivity index (χ2v) is 24.4. The Morgan fingerprint density at radius 1 is 0.716 bits per heavy atom. The number of carbonyl (C=O) groups excluding carboxylic acids is 3. The van der Waals surface area contributed by atoms with E-state index in [1.807, 2.05) is 99.6 Å². The third-order valence-corrected chi connectivity index (χ3v) is 18.1. The summed E-state index contributed by atoms with van der Waals surface area (Å²) < 4.78 is 96.1. The number of ketones is 1. The van der Waals surface area contributed by atoms with Crippen molar-refractivity contribution in [1.82, 2.24) is 20.0 Å². The Balaban J connectivity index is 0.931. The van der Waals surface area contributed by atoms with Crippen molar-refractivity contribution in [3.63, 3.8) is 0 Å². The number of hydrogen-bond acceptors (Lipinski definition) is 18. The van der Waals surface area contributed by atoms with Gasteiger partial charge in [-0.25, -0.2) is 18.1 Å². The minimum Gasteiger partial charge on any atom is -0.497 e. The average molecular weight is 1160 g/mol. The number of Topliss-reactive ketones (excluding diaryl/α,β-unsaturated/α-hetero) is 1. The topological polar surface area (TPSA) is 228 Å². The van der Waals surface area contributed by atoms with Crippen LogP contribution < -0.4 is 18.9 Å². The van der Waals surface area contributed by atoms with Gasteiger partial charge < -0.3 is 28.4 Å². The van der Waals surface area contributed by atoms with Gasteiger partial charge in [-0.3, -0.25) is 18.6 Å².